The summed E-state index contributed by atoms with van der Waals surface area (Å²) in [5.41, 5.74) is 0.696. The molecule has 1 aliphatic heterocycles. The number of carbonyl (C=O) groups is 1. The lowest BCUT2D eigenvalue weighted by atomic mass is 9.96. The average Bonchev–Trinajstić information content (AvgIpc) is 2.63. The number of benzene rings is 2. The first-order valence-corrected chi connectivity index (χ1v) is 12.0. The summed E-state index contributed by atoms with van der Waals surface area (Å²) in [7, 11) is 0. The number of ketones is 1. The minimum absolute atomic E-state index is 0.0000813. The number of carbonyl (C=O) groups excluding carboxylic acids is 1. The zero-order chi connectivity index (χ0) is 22.8. The van der Waals surface area contributed by atoms with Gasteiger partial charge in [-0.25, -0.2) is 0 Å². The number of allylic oxidation sites excluding steroid dienone is 1. The molecule has 0 aromatic heterocycles. The Morgan fingerprint density at radius 3 is 2.23 bits per heavy atom. The molecule has 0 radical (unpaired) electrons. The highest BCUT2D eigenvalue weighted by Gasteiger charge is 2.39. The Bertz CT molecular complexity index is 980. The van der Waals surface area contributed by atoms with Crippen molar-refractivity contribution in [2.45, 2.75) is 24.9 Å². The largest absolute Gasteiger partial charge is 0.399 e. The van der Waals surface area contributed by atoms with Crippen molar-refractivity contribution in [3.05, 3.63) is 73.2 Å². The third-order valence-corrected chi connectivity index (χ3v) is 7.90. The molecule has 0 bridgehead atoms. The zero-order valence-corrected chi connectivity index (χ0v) is 19.8. The molecule has 9 heteroatoms. The number of rotatable bonds is 7. The Morgan fingerprint density at radius 2 is 1.71 bits per heavy atom. The van der Waals surface area contributed by atoms with E-state index in [2.05, 4.69) is 0 Å². The monoisotopic (exact) mass is 526 g/mol. The first-order chi connectivity index (χ1) is 14.6. The van der Waals surface area contributed by atoms with Crippen molar-refractivity contribution in [1.29, 1.82) is 0 Å². The Balaban J connectivity index is 1.79. The van der Waals surface area contributed by atoms with Gasteiger partial charge >= 0.3 is 6.18 Å². The van der Waals surface area contributed by atoms with E-state index in [1.807, 2.05) is 11.8 Å². The van der Waals surface area contributed by atoms with Crippen molar-refractivity contribution in [2.75, 3.05) is 11.5 Å². The van der Waals surface area contributed by atoms with Crippen molar-refractivity contribution >= 4 is 70.0 Å². The summed E-state index contributed by atoms with van der Waals surface area (Å²) in [6.45, 7) is 0. The van der Waals surface area contributed by atoms with E-state index in [-0.39, 0.29) is 31.4 Å². The van der Waals surface area contributed by atoms with E-state index in [9.17, 15) is 18.0 Å². The van der Waals surface area contributed by atoms with Crippen molar-refractivity contribution in [3.63, 3.8) is 0 Å². The molecule has 0 N–H and O–H groups in total. The third kappa shape index (κ3) is 6.35. The van der Waals surface area contributed by atoms with E-state index < -0.39 is 12.1 Å². The van der Waals surface area contributed by atoms with Gasteiger partial charge in [-0.15, -0.1) is 0 Å². The van der Waals surface area contributed by atoms with Gasteiger partial charge in [0.15, 0.2) is 5.78 Å². The van der Waals surface area contributed by atoms with Crippen LogP contribution in [-0.4, -0.2) is 23.5 Å². The van der Waals surface area contributed by atoms with Gasteiger partial charge in [-0.05, 0) is 59.2 Å². The summed E-state index contributed by atoms with van der Waals surface area (Å²) in [6.07, 6.45) is -1.04. The number of thioether (sulfide) groups is 1. The number of hydrogen-bond donors (Lipinski definition) is 0. The van der Waals surface area contributed by atoms with Crippen LogP contribution >= 0.6 is 58.2 Å². The third-order valence-electron chi connectivity index (χ3n) is 4.98. The first kappa shape index (κ1) is 24.8. The molecule has 1 unspecified atom stereocenters. The minimum atomic E-state index is -4.57. The van der Waals surface area contributed by atoms with E-state index in [0.29, 0.717) is 23.5 Å². The molecule has 1 heterocycles. The molecule has 2 aromatic carbocycles. The maximum atomic E-state index is 13.7. The summed E-state index contributed by atoms with van der Waals surface area (Å²) in [5, 5.41) is 0.104. The molecule has 0 spiro atoms. The van der Waals surface area contributed by atoms with E-state index in [1.165, 1.54) is 12.1 Å². The molecule has 1 fully saturated rings. The molecule has 3 rings (SSSR count). The molecule has 166 valence electrons. The number of halogens is 7. The van der Waals surface area contributed by atoms with Gasteiger partial charge < -0.3 is 0 Å². The summed E-state index contributed by atoms with van der Waals surface area (Å²) in [5.74, 6) is 0.727. The highest BCUT2D eigenvalue weighted by atomic mass is 35.5. The molecule has 1 atom stereocenters. The lowest BCUT2D eigenvalue weighted by Crippen LogP contribution is -2.19. The first-order valence-electron chi connectivity index (χ1n) is 9.36. The molecule has 0 saturated carbocycles. The van der Waals surface area contributed by atoms with Gasteiger partial charge in [-0.1, -0.05) is 64.6 Å². The Morgan fingerprint density at radius 1 is 1.06 bits per heavy atom. The number of Topliss-reactive ketones (excluding diaryl/α,β-unsaturated/α-hetero) is 1. The topological polar surface area (TPSA) is 17.1 Å². The second kappa shape index (κ2) is 10.4. The predicted octanol–water partition coefficient (Wildman–Crippen LogP) is 8.99. The van der Waals surface area contributed by atoms with E-state index >= 15 is 0 Å². The molecular formula is C22H17Cl4F3OS. The van der Waals surface area contributed by atoms with Crippen molar-refractivity contribution < 1.29 is 18.0 Å². The van der Waals surface area contributed by atoms with Crippen LogP contribution in [0.4, 0.5) is 13.2 Å². The van der Waals surface area contributed by atoms with Crippen LogP contribution in [-0.2, 0) is 0 Å². The molecule has 0 aliphatic carbocycles. The van der Waals surface area contributed by atoms with Crippen LogP contribution in [0.5, 0.6) is 0 Å². The summed E-state index contributed by atoms with van der Waals surface area (Å²) >= 11 is 25.7. The zero-order valence-electron chi connectivity index (χ0n) is 16.0. The fourth-order valence-corrected chi connectivity index (χ4v) is 4.96. The predicted molar refractivity (Wildman–Crippen MR) is 125 cm³/mol. The van der Waals surface area contributed by atoms with Crippen molar-refractivity contribution in [1.82, 2.24) is 0 Å². The van der Waals surface area contributed by atoms with Crippen LogP contribution in [0.25, 0.3) is 6.08 Å². The van der Waals surface area contributed by atoms with E-state index in [4.69, 9.17) is 46.4 Å². The van der Waals surface area contributed by atoms with Gasteiger partial charge in [0.05, 0.1) is 26.0 Å². The van der Waals surface area contributed by atoms with Gasteiger partial charge in [0.25, 0.3) is 0 Å². The van der Waals surface area contributed by atoms with Gasteiger partial charge in [0, 0.05) is 12.0 Å². The van der Waals surface area contributed by atoms with Crippen LogP contribution < -0.4 is 0 Å². The molecule has 1 aliphatic rings. The Kier molecular flexibility index (Phi) is 8.31. The van der Waals surface area contributed by atoms with Gasteiger partial charge in [0.1, 0.15) is 0 Å². The standard InChI is InChI=1S/C22H17Cl4F3OS/c23-17-7-12(1-4-15(17)20(30)6-3-13-10-31-11-13)2-5-16(22(27,28)29)14-8-18(24)21(26)19(25)9-14/h1-2,4-5,7-9,13,16H,3,6,10-11H2/b5-2+. The summed E-state index contributed by atoms with van der Waals surface area (Å²) < 4.78 is 41.0. The van der Waals surface area contributed by atoms with Crippen LogP contribution in [0.3, 0.4) is 0 Å². The quantitative estimate of drug-likeness (QED) is 0.264. The second-order valence-corrected chi connectivity index (χ2v) is 9.96. The molecule has 0 amide bonds. The van der Waals surface area contributed by atoms with Crippen LogP contribution in [0.15, 0.2) is 36.4 Å². The normalized spacial score (nSPS) is 15.8. The highest BCUT2D eigenvalue weighted by Crippen LogP contribution is 2.41. The Labute approximate surface area is 202 Å². The van der Waals surface area contributed by atoms with E-state index in [1.54, 1.807) is 12.1 Å². The average molecular weight is 528 g/mol. The van der Waals surface area contributed by atoms with Gasteiger partial charge in [0.2, 0.25) is 0 Å². The van der Waals surface area contributed by atoms with Crippen LogP contribution in [0.1, 0.15) is 40.2 Å². The summed E-state index contributed by atoms with van der Waals surface area (Å²) in [4.78, 5) is 12.4. The number of alkyl halides is 3. The lowest BCUT2D eigenvalue weighted by Gasteiger charge is -2.24. The Hall–Kier alpha value is -0.850. The molecular weight excluding hydrogens is 511 g/mol. The SMILES string of the molecule is O=C(CCC1CSC1)c1ccc(/C=C/C(c2cc(Cl)c(Cl)c(Cl)c2)C(F)(F)F)cc1Cl. The highest BCUT2D eigenvalue weighted by molar-refractivity contribution is 8.00. The fraction of sp³-hybridized carbons (Fsp3) is 0.318. The summed E-state index contributed by atoms with van der Waals surface area (Å²) in [6, 6.07) is 6.91. The van der Waals surface area contributed by atoms with Crippen LogP contribution in [0.2, 0.25) is 20.1 Å². The molecule has 1 nitrogen and oxygen atoms in total. The minimum Gasteiger partial charge on any atom is -0.294 e. The fourth-order valence-electron chi connectivity index (χ4n) is 3.15. The van der Waals surface area contributed by atoms with Gasteiger partial charge in [-0.3, -0.25) is 4.79 Å². The van der Waals surface area contributed by atoms with E-state index in [0.717, 1.165) is 36.1 Å². The maximum Gasteiger partial charge on any atom is 0.399 e. The van der Waals surface area contributed by atoms with Gasteiger partial charge in [-0.2, -0.15) is 24.9 Å². The number of hydrogen-bond acceptors (Lipinski definition) is 2. The lowest BCUT2D eigenvalue weighted by molar-refractivity contribution is -0.139. The second-order valence-electron chi connectivity index (χ2n) is 7.28. The van der Waals surface area contributed by atoms with Crippen molar-refractivity contribution in [3.8, 4) is 0 Å². The smallest absolute Gasteiger partial charge is 0.294 e. The molecule has 2 aromatic rings. The van der Waals surface area contributed by atoms with Crippen LogP contribution in [0, 0.1) is 5.92 Å². The maximum absolute atomic E-state index is 13.7. The molecule has 31 heavy (non-hydrogen) atoms. The van der Waals surface area contributed by atoms with Crippen molar-refractivity contribution in [2.24, 2.45) is 5.92 Å². The molecule has 1 saturated heterocycles.